The van der Waals surface area contributed by atoms with Crippen molar-refractivity contribution in [3.05, 3.63) is 42.2 Å². The number of hydrogen-bond acceptors (Lipinski definition) is 6. The fourth-order valence-corrected chi connectivity index (χ4v) is 3.69. The van der Waals surface area contributed by atoms with Gasteiger partial charge in [0.1, 0.15) is 18.0 Å². The standard InChI is InChI=1S/C22H34O6Si/c1-16(23)28-19-12-13-25-20(15-27-29(6,7)22(2,3)4)21(19)26-14-17-8-10-18(24-5)11-9-17/h8-13,19-21H,14-15H2,1-7H3/t19-,20-,21+/m1/s1. The summed E-state index contributed by atoms with van der Waals surface area (Å²) in [5.41, 5.74) is 0.992. The van der Waals surface area contributed by atoms with Crippen LogP contribution in [0.1, 0.15) is 33.3 Å². The van der Waals surface area contributed by atoms with Gasteiger partial charge in [0.25, 0.3) is 0 Å². The molecule has 0 spiro atoms. The highest BCUT2D eigenvalue weighted by Crippen LogP contribution is 2.37. The molecular formula is C22H34O6Si. The maximum Gasteiger partial charge on any atom is 0.303 e. The van der Waals surface area contributed by atoms with Gasteiger partial charge in [-0.25, -0.2) is 0 Å². The maximum absolute atomic E-state index is 11.6. The zero-order chi connectivity index (χ0) is 21.7. The number of benzene rings is 1. The summed E-state index contributed by atoms with van der Waals surface area (Å²) < 4.78 is 29.0. The van der Waals surface area contributed by atoms with Crippen molar-refractivity contribution < 1.29 is 28.2 Å². The van der Waals surface area contributed by atoms with Crippen LogP contribution in [0.5, 0.6) is 5.75 Å². The lowest BCUT2D eigenvalue weighted by molar-refractivity contribution is -0.164. The van der Waals surface area contributed by atoms with Gasteiger partial charge in [0, 0.05) is 6.92 Å². The zero-order valence-corrected chi connectivity index (χ0v) is 19.6. The Balaban J connectivity index is 2.10. The van der Waals surface area contributed by atoms with Crippen molar-refractivity contribution in [2.75, 3.05) is 13.7 Å². The molecule has 7 heteroatoms. The van der Waals surface area contributed by atoms with Gasteiger partial charge in [-0.3, -0.25) is 4.79 Å². The number of esters is 1. The smallest absolute Gasteiger partial charge is 0.303 e. The van der Waals surface area contributed by atoms with Crippen molar-refractivity contribution in [3.8, 4) is 5.75 Å². The Hall–Kier alpha value is -1.83. The van der Waals surface area contributed by atoms with Gasteiger partial charge in [-0.05, 0) is 41.9 Å². The van der Waals surface area contributed by atoms with E-state index in [0.717, 1.165) is 11.3 Å². The molecule has 1 aromatic rings. The summed E-state index contributed by atoms with van der Waals surface area (Å²) in [6, 6.07) is 7.66. The molecule has 2 rings (SSSR count). The fourth-order valence-electron chi connectivity index (χ4n) is 2.68. The molecule has 6 nitrogen and oxygen atoms in total. The molecule has 0 fully saturated rings. The van der Waals surface area contributed by atoms with Gasteiger partial charge in [0.2, 0.25) is 0 Å². The van der Waals surface area contributed by atoms with Crippen LogP contribution in [-0.2, 0) is 30.0 Å². The summed E-state index contributed by atoms with van der Waals surface area (Å²) in [5.74, 6) is 0.430. The minimum Gasteiger partial charge on any atom is -0.497 e. The molecule has 0 aromatic heterocycles. The van der Waals surface area contributed by atoms with Gasteiger partial charge in [0.05, 0.1) is 26.6 Å². The molecule has 0 saturated heterocycles. The number of carbonyl (C=O) groups is 1. The highest BCUT2D eigenvalue weighted by molar-refractivity contribution is 6.74. The van der Waals surface area contributed by atoms with E-state index in [4.69, 9.17) is 23.4 Å². The molecule has 1 heterocycles. The van der Waals surface area contributed by atoms with Gasteiger partial charge in [-0.2, -0.15) is 0 Å². The maximum atomic E-state index is 11.6. The number of carbonyl (C=O) groups excluding carboxylic acids is 1. The van der Waals surface area contributed by atoms with Crippen LogP contribution in [0.15, 0.2) is 36.6 Å². The van der Waals surface area contributed by atoms with Crippen molar-refractivity contribution in [3.63, 3.8) is 0 Å². The van der Waals surface area contributed by atoms with E-state index in [9.17, 15) is 4.79 Å². The van der Waals surface area contributed by atoms with Crippen molar-refractivity contribution in [2.24, 2.45) is 0 Å². The van der Waals surface area contributed by atoms with E-state index >= 15 is 0 Å². The van der Waals surface area contributed by atoms with Gasteiger partial charge in [-0.15, -0.1) is 0 Å². The Morgan fingerprint density at radius 3 is 2.38 bits per heavy atom. The molecule has 1 aromatic carbocycles. The summed E-state index contributed by atoms with van der Waals surface area (Å²) in [6.45, 7) is 13.1. The highest BCUT2D eigenvalue weighted by Gasteiger charge is 2.41. The molecule has 1 aliphatic heterocycles. The molecule has 1 aliphatic rings. The van der Waals surface area contributed by atoms with Crippen LogP contribution >= 0.6 is 0 Å². The zero-order valence-electron chi connectivity index (χ0n) is 18.6. The van der Waals surface area contributed by atoms with Crippen molar-refractivity contribution >= 4 is 14.3 Å². The van der Waals surface area contributed by atoms with Crippen LogP contribution in [0.25, 0.3) is 0 Å². The third-order valence-corrected chi connectivity index (χ3v) is 10.0. The summed E-state index contributed by atoms with van der Waals surface area (Å²) in [7, 11) is -0.318. The molecule has 29 heavy (non-hydrogen) atoms. The molecule has 0 radical (unpaired) electrons. The van der Waals surface area contributed by atoms with Crippen molar-refractivity contribution in [1.82, 2.24) is 0 Å². The lowest BCUT2D eigenvalue weighted by Crippen LogP contribution is -2.50. The Kier molecular flexibility index (Phi) is 7.91. The number of methoxy groups -OCH3 is 1. The quantitative estimate of drug-likeness (QED) is 0.456. The normalized spacial score (nSPS) is 22.1. The van der Waals surface area contributed by atoms with E-state index in [1.165, 1.54) is 6.92 Å². The highest BCUT2D eigenvalue weighted by atomic mass is 28.4. The third-order valence-electron chi connectivity index (χ3n) is 5.53. The molecule has 0 amide bonds. The molecule has 0 N–H and O–H groups in total. The van der Waals surface area contributed by atoms with Crippen LogP contribution in [0.3, 0.4) is 0 Å². The molecule has 0 unspecified atom stereocenters. The van der Waals surface area contributed by atoms with Crippen molar-refractivity contribution in [1.29, 1.82) is 0 Å². The van der Waals surface area contributed by atoms with E-state index in [1.807, 2.05) is 24.3 Å². The molecule has 3 atom stereocenters. The molecule has 0 saturated carbocycles. The van der Waals surface area contributed by atoms with Gasteiger partial charge in [0.15, 0.2) is 14.4 Å². The average Bonchev–Trinajstić information content (AvgIpc) is 2.64. The molecule has 162 valence electrons. The lowest BCUT2D eigenvalue weighted by atomic mass is 10.1. The lowest BCUT2D eigenvalue weighted by Gasteiger charge is -2.39. The van der Waals surface area contributed by atoms with E-state index in [2.05, 4.69) is 33.9 Å². The summed E-state index contributed by atoms with van der Waals surface area (Å²) >= 11 is 0. The topological polar surface area (TPSA) is 63.2 Å². The first-order valence-electron chi connectivity index (χ1n) is 9.91. The van der Waals surface area contributed by atoms with Crippen LogP contribution in [0.2, 0.25) is 18.1 Å². The van der Waals surface area contributed by atoms with E-state index in [0.29, 0.717) is 13.2 Å². The number of ether oxygens (including phenoxy) is 4. The summed E-state index contributed by atoms with van der Waals surface area (Å²) in [5, 5.41) is 0.0895. The first kappa shape index (κ1) is 23.4. The Bertz CT molecular complexity index is 692. The SMILES string of the molecule is COc1ccc(CO[C@H]2[C@H](OC(C)=O)C=CO[C@@H]2CO[Si](C)(C)C(C)(C)C)cc1. The minimum atomic E-state index is -1.95. The molecular weight excluding hydrogens is 388 g/mol. The van der Waals surface area contributed by atoms with Crippen LogP contribution in [-0.4, -0.2) is 46.3 Å². The second kappa shape index (κ2) is 9.78. The minimum absolute atomic E-state index is 0.0895. The molecule has 0 bridgehead atoms. The predicted molar refractivity (Wildman–Crippen MR) is 114 cm³/mol. The van der Waals surface area contributed by atoms with E-state index < -0.39 is 20.5 Å². The second-order valence-corrected chi connectivity index (χ2v) is 13.6. The van der Waals surface area contributed by atoms with Crippen LogP contribution < -0.4 is 4.74 Å². The van der Waals surface area contributed by atoms with E-state index in [1.54, 1.807) is 19.4 Å². The van der Waals surface area contributed by atoms with Gasteiger partial charge >= 0.3 is 5.97 Å². The van der Waals surface area contributed by atoms with E-state index in [-0.39, 0.29) is 17.1 Å². The van der Waals surface area contributed by atoms with Crippen LogP contribution in [0, 0.1) is 0 Å². The first-order valence-corrected chi connectivity index (χ1v) is 12.8. The summed E-state index contributed by atoms with van der Waals surface area (Å²) in [6.07, 6.45) is 1.93. The predicted octanol–water partition coefficient (Wildman–Crippen LogP) is 4.45. The second-order valence-electron chi connectivity index (χ2n) is 8.77. The van der Waals surface area contributed by atoms with Gasteiger partial charge < -0.3 is 23.4 Å². The Labute approximate surface area is 175 Å². The fraction of sp³-hybridized carbons (Fsp3) is 0.591. The Morgan fingerprint density at radius 2 is 1.83 bits per heavy atom. The Morgan fingerprint density at radius 1 is 1.17 bits per heavy atom. The van der Waals surface area contributed by atoms with Crippen LogP contribution in [0.4, 0.5) is 0 Å². The number of rotatable bonds is 8. The monoisotopic (exact) mass is 422 g/mol. The largest absolute Gasteiger partial charge is 0.497 e. The van der Waals surface area contributed by atoms with Crippen molar-refractivity contribution in [2.45, 2.75) is 70.7 Å². The third kappa shape index (κ3) is 6.59. The first-order chi connectivity index (χ1) is 13.5. The number of hydrogen-bond donors (Lipinski definition) is 0. The van der Waals surface area contributed by atoms with Gasteiger partial charge in [-0.1, -0.05) is 32.9 Å². The summed E-state index contributed by atoms with van der Waals surface area (Å²) in [4.78, 5) is 11.6. The average molecular weight is 423 g/mol. The molecule has 0 aliphatic carbocycles.